The first-order valence-electron chi connectivity index (χ1n) is 11.0. The number of anilines is 1. The molecule has 1 saturated carbocycles. The third-order valence-electron chi connectivity index (χ3n) is 6.73. The van der Waals surface area contributed by atoms with Crippen LogP contribution in [0.1, 0.15) is 55.5 Å². The van der Waals surface area contributed by atoms with E-state index in [1.165, 1.54) is 25.7 Å². The van der Waals surface area contributed by atoms with Crippen LogP contribution in [0.25, 0.3) is 0 Å². The molecule has 0 saturated heterocycles. The number of imidazole rings is 1. The van der Waals surface area contributed by atoms with Crippen molar-refractivity contribution in [3.05, 3.63) is 47.5 Å². The number of halogens is 2. The van der Waals surface area contributed by atoms with Gasteiger partial charge in [-0.05, 0) is 37.3 Å². The van der Waals surface area contributed by atoms with Crippen LogP contribution in [0.4, 0.5) is 14.5 Å². The van der Waals surface area contributed by atoms with Crippen LogP contribution in [-0.4, -0.2) is 41.0 Å². The molecule has 1 aromatic heterocycles. The fourth-order valence-electron chi connectivity index (χ4n) is 4.91. The molecule has 0 spiro atoms. The summed E-state index contributed by atoms with van der Waals surface area (Å²) >= 11 is 0. The fourth-order valence-corrected chi connectivity index (χ4v) is 5.84. The van der Waals surface area contributed by atoms with E-state index in [1.54, 1.807) is 6.33 Å². The summed E-state index contributed by atoms with van der Waals surface area (Å²) in [6.45, 7) is 2.47. The predicted octanol–water partition coefficient (Wildman–Crippen LogP) is 4.43. The number of H-pyrrole nitrogens is 1. The van der Waals surface area contributed by atoms with E-state index in [9.17, 15) is 17.2 Å². The standard InChI is InChI=1S/C22H30F2N4O2S/c1-16-20(26-15-25-16)14-28-19(11-10-17-6-2-3-7-17)13-27(31(29,30)22(23)24)12-18-8-4-5-9-21(18)28/h4-5,8-9,15,17,19,22H,2-3,6-7,10-14H2,1H3,(H,25,26)/t19-/m0/s1. The lowest BCUT2D eigenvalue weighted by atomic mass is 9.97. The number of aromatic nitrogens is 2. The second-order valence-corrected chi connectivity index (χ2v) is 10.6. The molecule has 1 atom stereocenters. The topological polar surface area (TPSA) is 69.3 Å². The van der Waals surface area contributed by atoms with Gasteiger partial charge >= 0.3 is 5.76 Å². The first-order chi connectivity index (χ1) is 14.9. The first kappa shape index (κ1) is 22.2. The van der Waals surface area contributed by atoms with Crippen LogP contribution >= 0.6 is 0 Å². The summed E-state index contributed by atoms with van der Waals surface area (Å²) in [6.07, 6.45) is 8.25. The molecule has 2 heterocycles. The molecule has 4 rings (SSSR count). The largest absolute Gasteiger partial charge is 0.361 e. The van der Waals surface area contributed by atoms with E-state index >= 15 is 0 Å². The number of nitrogens with one attached hydrogen (secondary N) is 1. The molecule has 6 nitrogen and oxygen atoms in total. The molecule has 1 aromatic carbocycles. The number of alkyl halides is 2. The Bertz CT molecular complexity index is 989. The number of nitrogens with zero attached hydrogens (tertiary/aromatic N) is 3. The van der Waals surface area contributed by atoms with Gasteiger partial charge in [-0.2, -0.15) is 13.1 Å². The van der Waals surface area contributed by atoms with Gasteiger partial charge in [0.2, 0.25) is 0 Å². The van der Waals surface area contributed by atoms with Gasteiger partial charge in [-0.3, -0.25) is 0 Å². The van der Waals surface area contributed by atoms with Crippen LogP contribution in [0.3, 0.4) is 0 Å². The Morgan fingerprint density at radius 2 is 1.94 bits per heavy atom. The van der Waals surface area contributed by atoms with Crippen molar-refractivity contribution in [2.45, 2.75) is 70.3 Å². The lowest BCUT2D eigenvalue weighted by Crippen LogP contribution is -2.45. The third-order valence-corrected chi connectivity index (χ3v) is 8.17. The molecule has 170 valence electrons. The fraction of sp³-hybridized carbons (Fsp3) is 0.591. The van der Waals surface area contributed by atoms with Crippen molar-refractivity contribution in [1.29, 1.82) is 0 Å². The highest BCUT2D eigenvalue weighted by molar-refractivity contribution is 7.89. The molecule has 1 fully saturated rings. The minimum atomic E-state index is -4.68. The zero-order valence-electron chi connectivity index (χ0n) is 17.8. The predicted molar refractivity (Wildman–Crippen MR) is 116 cm³/mol. The van der Waals surface area contributed by atoms with Crippen molar-refractivity contribution >= 4 is 15.7 Å². The maximum atomic E-state index is 13.5. The number of sulfonamides is 1. The maximum Gasteiger partial charge on any atom is 0.350 e. The Morgan fingerprint density at radius 1 is 1.19 bits per heavy atom. The van der Waals surface area contributed by atoms with Crippen LogP contribution in [0.15, 0.2) is 30.6 Å². The molecule has 0 amide bonds. The number of hydrogen-bond acceptors (Lipinski definition) is 4. The second kappa shape index (κ2) is 9.24. The van der Waals surface area contributed by atoms with Crippen LogP contribution in [-0.2, 0) is 23.1 Å². The number of fused-ring (bicyclic) bond motifs is 1. The van der Waals surface area contributed by atoms with Crippen molar-refractivity contribution in [3.8, 4) is 0 Å². The Hall–Kier alpha value is -2.00. The van der Waals surface area contributed by atoms with Gasteiger partial charge < -0.3 is 9.88 Å². The van der Waals surface area contributed by atoms with Gasteiger partial charge in [-0.1, -0.05) is 43.9 Å². The molecule has 0 radical (unpaired) electrons. The molecule has 1 aliphatic heterocycles. The first-order valence-corrected chi connectivity index (χ1v) is 12.5. The lowest BCUT2D eigenvalue weighted by molar-refractivity contribution is 0.215. The Morgan fingerprint density at radius 3 is 2.61 bits per heavy atom. The highest BCUT2D eigenvalue weighted by Crippen LogP contribution is 2.35. The molecule has 0 bridgehead atoms. The van der Waals surface area contributed by atoms with Gasteiger partial charge in [0, 0.05) is 30.5 Å². The minimum absolute atomic E-state index is 0.0428. The summed E-state index contributed by atoms with van der Waals surface area (Å²) in [5.74, 6) is -2.79. The normalized spacial score (nSPS) is 20.9. The van der Waals surface area contributed by atoms with E-state index in [0.717, 1.165) is 39.8 Å². The molecule has 2 aliphatic rings. The zero-order valence-corrected chi connectivity index (χ0v) is 18.6. The Kier molecular flexibility index (Phi) is 6.62. The van der Waals surface area contributed by atoms with Crippen molar-refractivity contribution < 1.29 is 17.2 Å². The molecule has 31 heavy (non-hydrogen) atoms. The van der Waals surface area contributed by atoms with E-state index in [0.29, 0.717) is 12.5 Å². The van der Waals surface area contributed by atoms with Crippen molar-refractivity contribution in [1.82, 2.24) is 14.3 Å². The number of rotatable bonds is 7. The van der Waals surface area contributed by atoms with E-state index in [4.69, 9.17) is 0 Å². The Labute approximate surface area is 182 Å². The van der Waals surface area contributed by atoms with Crippen molar-refractivity contribution in [2.75, 3.05) is 11.4 Å². The highest BCUT2D eigenvalue weighted by Gasteiger charge is 2.38. The number of para-hydroxylation sites is 1. The minimum Gasteiger partial charge on any atom is -0.361 e. The zero-order chi connectivity index (χ0) is 22.0. The summed E-state index contributed by atoms with van der Waals surface area (Å²) in [4.78, 5) is 9.70. The average Bonchev–Trinajstić information content (AvgIpc) is 3.37. The van der Waals surface area contributed by atoms with Gasteiger partial charge in [0.25, 0.3) is 10.0 Å². The van der Waals surface area contributed by atoms with Crippen molar-refractivity contribution in [2.24, 2.45) is 5.92 Å². The van der Waals surface area contributed by atoms with Crippen LogP contribution in [0, 0.1) is 12.8 Å². The van der Waals surface area contributed by atoms with E-state index < -0.39 is 15.8 Å². The summed E-state index contributed by atoms with van der Waals surface area (Å²) in [7, 11) is -4.68. The van der Waals surface area contributed by atoms with Gasteiger partial charge in [-0.25, -0.2) is 13.4 Å². The van der Waals surface area contributed by atoms with Crippen molar-refractivity contribution in [3.63, 3.8) is 0 Å². The van der Waals surface area contributed by atoms with E-state index in [2.05, 4.69) is 14.9 Å². The second-order valence-electron chi connectivity index (χ2n) is 8.71. The van der Waals surface area contributed by atoms with E-state index in [1.807, 2.05) is 31.2 Å². The highest BCUT2D eigenvalue weighted by atomic mass is 32.2. The summed E-state index contributed by atoms with van der Waals surface area (Å²) in [6, 6.07) is 7.32. The summed E-state index contributed by atoms with van der Waals surface area (Å²) in [5, 5.41) is 0. The number of benzene rings is 1. The molecule has 0 unspecified atom stereocenters. The van der Waals surface area contributed by atoms with Gasteiger partial charge in [-0.15, -0.1) is 0 Å². The summed E-state index contributed by atoms with van der Waals surface area (Å²) < 4.78 is 52.8. The monoisotopic (exact) mass is 452 g/mol. The van der Waals surface area contributed by atoms with Crippen LogP contribution in [0.2, 0.25) is 0 Å². The molecule has 1 aliphatic carbocycles. The SMILES string of the molecule is Cc1[nH]cnc1CN1c2ccccc2CN(S(=O)(=O)C(F)F)C[C@@H]1CCC1CCCC1. The summed E-state index contributed by atoms with van der Waals surface area (Å²) in [5.41, 5.74) is 3.47. The van der Waals surface area contributed by atoms with Crippen LogP contribution < -0.4 is 4.90 Å². The van der Waals surface area contributed by atoms with Gasteiger partial charge in [0.15, 0.2) is 0 Å². The average molecular weight is 453 g/mol. The number of hydrogen-bond donors (Lipinski definition) is 1. The van der Waals surface area contributed by atoms with Gasteiger partial charge in [0.1, 0.15) is 0 Å². The van der Waals surface area contributed by atoms with E-state index in [-0.39, 0.29) is 19.1 Å². The lowest BCUT2D eigenvalue weighted by Gasteiger charge is -2.34. The molecule has 2 aromatic rings. The molecular formula is C22H30F2N4O2S. The van der Waals surface area contributed by atoms with Gasteiger partial charge in [0.05, 0.1) is 18.6 Å². The third kappa shape index (κ3) is 4.77. The quantitative estimate of drug-likeness (QED) is 0.675. The smallest absolute Gasteiger partial charge is 0.350 e. The maximum absolute atomic E-state index is 13.5. The number of aromatic amines is 1. The molecular weight excluding hydrogens is 422 g/mol. The molecule has 1 N–H and O–H groups in total. The number of aryl methyl sites for hydroxylation is 1. The van der Waals surface area contributed by atoms with Crippen LogP contribution in [0.5, 0.6) is 0 Å². The molecule has 9 heteroatoms. The Balaban J connectivity index is 1.70.